The quantitative estimate of drug-likeness (QED) is 0.904. The van der Waals surface area contributed by atoms with Crippen molar-refractivity contribution in [1.29, 1.82) is 0 Å². The fourth-order valence-electron chi connectivity index (χ4n) is 2.78. The van der Waals surface area contributed by atoms with Gasteiger partial charge in [-0.3, -0.25) is 14.3 Å². The van der Waals surface area contributed by atoms with Crippen LogP contribution < -0.4 is 10.2 Å². The lowest BCUT2D eigenvalue weighted by molar-refractivity contribution is -0.116. The number of likely N-dealkylation sites (N-methyl/N-ethyl adjacent to an activating group) is 1. The third-order valence-corrected chi connectivity index (χ3v) is 4.25. The summed E-state index contributed by atoms with van der Waals surface area (Å²) in [4.78, 5) is 32.5. The molecule has 0 radical (unpaired) electrons. The van der Waals surface area contributed by atoms with Crippen molar-refractivity contribution in [3.05, 3.63) is 35.8 Å². The Kier molecular flexibility index (Phi) is 4.43. The number of carbonyl (C=O) groups excluding carboxylic acids is 2. The third kappa shape index (κ3) is 3.33. The number of rotatable bonds is 4. The molecule has 0 bridgehead atoms. The summed E-state index contributed by atoms with van der Waals surface area (Å²) >= 11 is 0. The van der Waals surface area contributed by atoms with Crippen molar-refractivity contribution in [2.45, 2.75) is 26.4 Å². The number of aryl methyl sites for hydroxylation is 1. The molecule has 132 valence electrons. The Balaban J connectivity index is 1.88. The standard InChI is InChI=1S/C17H22N6O2/c1-11(2)23(10-12-6-20-21(3)9-12)17(25)13-5-14-16(18-7-13)19-8-15(24)22(14)4/h5-7,9,11H,8,10H2,1-4H3,(H,18,19). The van der Waals surface area contributed by atoms with Gasteiger partial charge in [0.15, 0.2) is 0 Å². The zero-order valence-electron chi connectivity index (χ0n) is 14.9. The van der Waals surface area contributed by atoms with Gasteiger partial charge in [0.05, 0.1) is 24.0 Å². The van der Waals surface area contributed by atoms with Crippen LogP contribution in [-0.2, 0) is 18.4 Å². The van der Waals surface area contributed by atoms with Gasteiger partial charge in [-0.2, -0.15) is 5.10 Å². The molecule has 8 heteroatoms. The van der Waals surface area contributed by atoms with Crippen LogP contribution in [0.5, 0.6) is 0 Å². The van der Waals surface area contributed by atoms with E-state index in [1.807, 2.05) is 27.1 Å². The summed E-state index contributed by atoms with van der Waals surface area (Å²) in [7, 11) is 3.53. The van der Waals surface area contributed by atoms with E-state index in [1.54, 1.807) is 35.1 Å². The maximum absolute atomic E-state index is 13.0. The first-order chi connectivity index (χ1) is 11.9. The smallest absolute Gasteiger partial charge is 0.256 e. The Morgan fingerprint density at radius 2 is 2.12 bits per heavy atom. The van der Waals surface area contributed by atoms with E-state index in [2.05, 4.69) is 15.4 Å². The van der Waals surface area contributed by atoms with Crippen LogP contribution in [-0.4, -0.2) is 51.1 Å². The molecule has 0 aliphatic carbocycles. The average molecular weight is 342 g/mol. The first kappa shape index (κ1) is 16.9. The van der Waals surface area contributed by atoms with Crippen molar-refractivity contribution < 1.29 is 9.59 Å². The lowest BCUT2D eigenvalue weighted by atomic mass is 10.1. The van der Waals surface area contributed by atoms with E-state index in [9.17, 15) is 9.59 Å². The molecule has 0 atom stereocenters. The van der Waals surface area contributed by atoms with Gasteiger partial charge in [-0.25, -0.2) is 4.98 Å². The molecule has 25 heavy (non-hydrogen) atoms. The molecule has 0 unspecified atom stereocenters. The second-order valence-electron chi connectivity index (χ2n) is 6.45. The first-order valence-corrected chi connectivity index (χ1v) is 8.15. The van der Waals surface area contributed by atoms with Crippen LogP contribution >= 0.6 is 0 Å². The second-order valence-corrected chi connectivity index (χ2v) is 6.45. The summed E-state index contributed by atoms with van der Waals surface area (Å²) in [5.41, 5.74) is 2.04. The molecule has 0 aromatic carbocycles. The van der Waals surface area contributed by atoms with Crippen LogP contribution in [0.1, 0.15) is 29.8 Å². The number of carbonyl (C=O) groups is 2. The number of nitrogens with zero attached hydrogens (tertiary/aromatic N) is 5. The molecule has 3 heterocycles. The van der Waals surface area contributed by atoms with Crippen LogP contribution in [0.25, 0.3) is 0 Å². The SMILES string of the molecule is CC(C)N(Cc1cnn(C)c1)C(=O)c1cnc2c(c1)N(C)C(=O)CN2. The number of anilines is 2. The molecule has 8 nitrogen and oxygen atoms in total. The minimum atomic E-state index is -0.124. The molecular formula is C17H22N6O2. The van der Waals surface area contributed by atoms with Gasteiger partial charge in [0, 0.05) is 44.6 Å². The Morgan fingerprint density at radius 3 is 2.76 bits per heavy atom. The van der Waals surface area contributed by atoms with Gasteiger partial charge in [-0.1, -0.05) is 0 Å². The van der Waals surface area contributed by atoms with Crippen LogP contribution in [0.3, 0.4) is 0 Å². The maximum atomic E-state index is 13.0. The Morgan fingerprint density at radius 1 is 1.36 bits per heavy atom. The van der Waals surface area contributed by atoms with Crippen LogP contribution in [0, 0.1) is 0 Å². The largest absolute Gasteiger partial charge is 0.359 e. The number of nitrogens with one attached hydrogen (secondary N) is 1. The number of hydrogen-bond acceptors (Lipinski definition) is 5. The molecule has 0 saturated heterocycles. The van der Waals surface area contributed by atoms with E-state index < -0.39 is 0 Å². The summed E-state index contributed by atoms with van der Waals surface area (Å²) in [6.45, 7) is 4.62. The van der Waals surface area contributed by atoms with Gasteiger partial charge in [-0.15, -0.1) is 0 Å². The molecule has 1 aliphatic heterocycles. The minimum Gasteiger partial charge on any atom is -0.359 e. The minimum absolute atomic E-state index is 0.0150. The van der Waals surface area contributed by atoms with Crippen molar-refractivity contribution in [2.75, 3.05) is 23.8 Å². The molecule has 0 saturated carbocycles. The lowest BCUT2D eigenvalue weighted by Gasteiger charge is -2.29. The topological polar surface area (TPSA) is 83.4 Å². The zero-order chi connectivity index (χ0) is 18.1. The maximum Gasteiger partial charge on any atom is 0.256 e. The summed E-state index contributed by atoms with van der Waals surface area (Å²) in [5.74, 6) is 0.428. The molecule has 3 rings (SSSR count). The average Bonchev–Trinajstić information content (AvgIpc) is 3.00. The first-order valence-electron chi connectivity index (χ1n) is 8.15. The van der Waals surface area contributed by atoms with Gasteiger partial charge < -0.3 is 15.1 Å². The van der Waals surface area contributed by atoms with Crippen molar-refractivity contribution in [2.24, 2.45) is 7.05 Å². The Labute approximate surface area is 146 Å². The van der Waals surface area contributed by atoms with Gasteiger partial charge in [-0.05, 0) is 19.9 Å². The fraction of sp³-hybridized carbons (Fsp3) is 0.412. The van der Waals surface area contributed by atoms with Crippen molar-refractivity contribution in [3.63, 3.8) is 0 Å². The van der Waals surface area contributed by atoms with Crippen molar-refractivity contribution in [1.82, 2.24) is 19.7 Å². The molecule has 2 amide bonds. The summed E-state index contributed by atoms with van der Waals surface area (Å²) in [6.07, 6.45) is 5.20. The third-order valence-electron chi connectivity index (χ3n) is 4.25. The molecule has 2 aromatic rings. The zero-order valence-corrected chi connectivity index (χ0v) is 14.9. The predicted molar refractivity (Wildman–Crippen MR) is 94.4 cm³/mol. The highest BCUT2D eigenvalue weighted by Gasteiger charge is 2.25. The van der Waals surface area contributed by atoms with Gasteiger partial charge >= 0.3 is 0 Å². The summed E-state index contributed by atoms with van der Waals surface area (Å²) in [5, 5.41) is 7.12. The number of hydrogen-bond donors (Lipinski definition) is 1. The monoisotopic (exact) mass is 342 g/mol. The highest BCUT2D eigenvalue weighted by Crippen LogP contribution is 2.28. The molecule has 1 aliphatic rings. The number of fused-ring (bicyclic) bond motifs is 1. The highest BCUT2D eigenvalue weighted by atomic mass is 16.2. The van der Waals surface area contributed by atoms with Gasteiger partial charge in [0.1, 0.15) is 5.82 Å². The summed E-state index contributed by atoms with van der Waals surface area (Å²) in [6, 6.07) is 1.73. The lowest BCUT2D eigenvalue weighted by Crippen LogP contribution is -2.39. The summed E-state index contributed by atoms with van der Waals surface area (Å²) < 4.78 is 1.71. The van der Waals surface area contributed by atoms with Crippen LogP contribution in [0.2, 0.25) is 0 Å². The van der Waals surface area contributed by atoms with E-state index in [0.717, 1.165) is 5.56 Å². The van der Waals surface area contributed by atoms with E-state index in [0.29, 0.717) is 23.6 Å². The molecule has 0 fully saturated rings. The van der Waals surface area contributed by atoms with Gasteiger partial charge in [0.2, 0.25) is 5.91 Å². The number of amides is 2. The normalized spacial score (nSPS) is 13.6. The van der Waals surface area contributed by atoms with Crippen molar-refractivity contribution in [3.8, 4) is 0 Å². The second kappa shape index (κ2) is 6.54. The van der Waals surface area contributed by atoms with E-state index in [-0.39, 0.29) is 24.4 Å². The predicted octanol–water partition coefficient (Wildman–Crippen LogP) is 1.25. The van der Waals surface area contributed by atoms with Crippen LogP contribution in [0.15, 0.2) is 24.7 Å². The van der Waals surface area contributed by atoms with E-state index >= 15 is 0 Å². The molecule has 0 spiro atoms. The Bertz CT molecular complexity index is 813. The van der Waals surface area contributed by atoms with Crippen molar-refractivity contribution >= 4 is 23.3 Å². The van der Waals surface area contributed by atoms with E-state index in [1.165, 1.54) is 4.90 Å². The highest BCUT2D eigenvalue weighted by molar-refractivity contribution is 6.03. The molecule has 2 aromatic heterocycles. The molecule has 1 N–H and O–H groups in total. The number of pyridine rings is 1. The molecular weight excluding hydrogens is 320 g/mol. The van der Waals surface area contributed by atoms with Crippen LogP contribution in [0.4, 0.5) is 11.5 Å². The Hall–Kier alpha value is -2.90. The number of aromatic nitrogens is 3. The fourth-order valence-corrected chi connectivity index (χ4v) is 2.78. The van der Waals surface area contributed by atoms with Gasteiger partial charge in [0.25, 0.3) is 5.91 Å². The van der Waals surface area contributed by atoms with E-state index in [4.69, 9.17) is 0 Å².